The third-order valence-electron chi connectivity index (χ3n) is 3.29. The summed E-state index contributed by atoms with van der Waals surface area (Å²) < 4.78 is 0. The first-order valence-corrected chi connectivity index (χ1v) is 5.36. The molecule has 70 valence electrons. The molecule has 2 aliphatic rings. The second-order valence-corrected chi connectivity index (χ2v) is 4.42. The zero-order valence-corrected chi connectivity index (χ0v) is 7.76. The number of hydrogen-bond donors (Lipinski definition) is 2. The number of rotatable bonds is 2. The number of nitrogens with one attached hydrogen (secondary N) is 1. The van der Waals surface area contributed by atoms with Crippen molar-refractivity contribution >= 4 is 0 Å². The molecule has 2 atom stereocenters. The Labute approximate surface area is 74.9 Å². The van der Waals surface area contributed by atoms with Crippen LogP contribution in [-0.4, -0.2) is 18.1 Å². The van der Waals surface area contributed by atoms with Gasteiger partial charge in [0.1, 0.15) is 0 Å². The number of nitrogens with two attached hydrogens (primary N) is 1. The summed E-state index contributed by atoms with van der Waals surface area (Å²) in [5.74, 6) is 0. The molecule has 0 aromatic carbocycles. The Balaban J connectivity index is 1.71. The van der Waals surface area contributed by atoms with Gasteiger partial charge in [-0.25, -0.2) is 0 Å². The van der Waals surface area contributed by atoms with Gasteiger partial charge >= 0.3 is 0 Å². The van der Waals surface area contributed by atoms with Crippen LogP contribution >= 0.6 is 0 Å². The molecule has 0 saturated heterocycles. The molecule has 2 aliphatic carbocycles. The Hall–Kier alpha value is -0.0800. The third kappa shape index (κ3) is 1.99. The van der Waals surface area contributed by atoms with Crippen LogP contribution in [0.15, 0.2) is 0 Å². The van der Waals surface area contributed by atoms with E-state index in [2.05, 4.69) is 5.32 Å². The van der Waals surface area contributed by atoms with Gasteiger partial charge in [-0.15, -0.1) is 0 Å². The van der Waals surface area contributed by atoms with Crippen molar-refractivity contribution in [1.82, 2.24) is 5.32 Å². The highest BCUT2D eigenvalue weighted by molar-refractivity contribution is 4.85. The van der Waals surface area contributed by atoms with Crippen molar-refractivity contribution in [2.24, 2.45) is 5.73 Å². The Morgan fingerprint density at radius 2 is 1.58 bits per heavy atom. The Bertz CT molecular complexity index is 143. The highest BCUT2D eigenvalue weighted by atomic mass is 15.0. The first kappa shape index (κ1) is 8.52. The second-order valence-electron chi connectivity index (χ2n) is 4.42. The summed E-state index contributed by atoms with van der Waals surface area (Å²) in [5.41, 5.74) is 5.92. The normalized spacial score (nSPS) is 37.8. The van der Waals surface area contributed by atoms with Crippen LogP contribution in [-0.2, 0) is 0 Å². The molecule has 0 bridgehead atoms. The first-order valence-electron chi connectivity index (χ1n) is 5.36. The molecule has 2 fully saturated rings. The van der Waals surface area contributed by atoms with E-state index >= 15 is 0 Å². The van der Waals surface area contributed by atoms with E-state index in [0.717, 1.165) is 12.1 Å². The Morgan fingerprint density at radius 1 is 0.917 bits per heavy atom. The lowest BCUT2D eigenvalue weighted by molar-refractivity contribution is 0.254. The van der Waals surface area contributed by atoms with E-state index in [4.69, 9.17) is 5.73 Å². The van der Waals surface area contributed by atoms with E-state index in [1.165, 1.54) is 44.9 Å². The van der Waals surface area contributed by atoms with E-state index in [9.17, 15) is 0 Å². The van der Waals surface area contributed by atoms with Crippen LogP contribution in [0.2, 0.25) is 0 Å². The van der Waals surface area contributed by atoms with Gasteiger partial charge in [-0.05, 0) is 32.1 Å². The molecule has 2 saturated carbocycles. The van der Waals surface area contributed by atoms with Crippen molar-refractivity contribution in [3.05, 3.63) is 0 Å². The third-order valence-corrected chi connectivity index (χ3v) is 3.29. The van der Waals surface area contributed by atoms with E-state index < -0.39 is 0 Å². The summed E-state index contributed by atoms with van der Waals surface area (Å²) in [6, 6.07) is 2.04. The van der Waals surface area contributed by atoms with Gasteiger partial charge in [-0.2, -0.15) is 0 Å². The van der Waals surface area contributed by atoms with Crippen molar-refractivity contribution in [3.8, 4) is 0 Å². The van der Waals surface area contributed by atoms with Crippen LogP contribution in [0.4, 0.5) is 0 Å². The molecular weight excluding hydrogens is 148 g/mol. The highest BCUT2D eigenvalue weighted by Crippen LogP contribution is 2.23. The van der Waals surface area contributed by atoms with Crippen molar-refractivity contribution in [1.29, 1.82) is 0 Å². The summed E-state index contributed by atoms with van der Waals surface area (Å²) in [7, 11) is 0. The summed E-state index contributed by atoms with van der Waals surface area (Å²) >= 11 is 0. The first-order chi connectivity index (χ1) is 5.84. The van der Waals surface area contributed by atoms with Crippen LogP contribution in [0.3, 0.4) is 0 Å². The minimum atomic E-state index is 0.469. The zero-order valence-electron chi connectivity index (χ0n) is 7.76. The van der Waals surface area contributed by atoms with Crippen LogP contribution < -0.4 is 11.1 Å². The minimum absolute atomic E-state index is 0.469. The lowest BCUT2D eigenvalue weighted by Gasteiger charge is -2.35. The molecule has 0 aliphatic heterocycles. The maximum absolute atomic E-state index is 5.92. The molecule has 0 amide bonds. The van der Waals surface area contributed by atoms with Crippen LogP contribution in [0.1, 0.15) is 44.9 Å². The quantitative estimate of drug-likeness (QED) is 0.654. The van der Waals surface area contributed by atoms with Gasteiger partial charge in [0, 0.05) is 18.1 Å². The van der Waals surface area contributed by atoms with Gasteiger partial charge in [0.15, 0.2) is 0 Å². The topological polar surface area (TPSA) is 38.0 Å². The molecule has 0 spiro atoms. The van der Waals surface area contributed by atoms with E-state index in [0.29, 0.717) is 6.04 Å². The predicted octanol–water partition coefficient (Wildman–Crippen LogP) is 1.40. The van der Waals surface area contributed by atoms with Gasteiger partial charge < -0.3 is 11.1 Å². The summed E-state index contributed by atoms with van der Waals surface area (Å²) in [5, 5.41) is 3.71. The fraction of sp³-hybridized carbons (Fsp3) is 1.00. The van der Waals surface area contributed by atoms with Crippen LogP contribution in [0.25, 0.3) is 0 Å². The van der Waals surface area contributed by atoms with Crippen molar-refractivity contribution < 1.29 is 0 Å². The lowest BCUT2D eigenvalue weighted by atomic mass is 9.87. The van der Waals surface area contributed by atoms with Crippen LogP contribution in [0, 0.1) is 0 Å². The molecule has 12 heavy (non-hydrogen) atoms. The molecule has 2 heteroatoms. The fourth-order valence-electron chi connectivity index (χ4n) is 2.29. The van der Waals surface area contributed by atoms with Crippen molar-refractivity contribution in [3.63, 3.8) is 0 Å². The molecule has 2 rings (SSSR count). The van der Waals surface area contributed by atoms with Gasteiger partial charge in [0.05, 0.1) is 0 Å². The lowest BCUT2D eigenvalue weighted by Crippen LogP contribution is -2.46. The SMILES string of the molecule is NC1CCCC(NC2CCC2)C1. The van der Waals surface area contributed by atoms with Gasteiger partial charge in [0.2, 0.25) is 0 Å². The van der Waals surface area contributed by atoms with Gasteiger partial charge in [-0.1, -0.05) is 12.8 Å². The van der Waals surface area contributed by atoms with Gasteiger partial charge in [0.25, 0.3) is 0 Å². The molecule has 0 aromatic rings. The highest BCUT2D eigenvalue weighted by Gasteiger charge is 2.24. The largest absolute Gasteiger partial charge is 0.328 e. The maximum Gasteiger partial charge on any atom is 0.00843 e. The van der Waals surface area contributed by atoms with Crippen LogP contribution in [0.5, 0.6) is 0 Å². The van der Waals surface area contributed by atoms with E-state index in [1.54, 1.807) is 0 Å². The molecule has 2 unspecified atom stereocenters. The smallest absolute Gasteiger partial charge is 0.00843 e. The zero-order chi connectivity index (χ0) is 8.39. The minimum Gasteiger partial charge on any atom is -0.328 e. The van der Waals surface area contributed by atoms with Gasteiger partial charge in [-0.3, -0.25) is 0 Å². The number of hydrogen-bond acceptors (Lipinski definition) is 2. The van der Waals surface area contributed by atoms with E-state index in [-0.39, 0.29) is 0 Å². The molecule has 0 radical (unpaired) electrons. The summed E-state index contributed by atoms with van der Waals surface area (Å²) in [6.45, 7) is 0. The predicted molar refractivity (Wildman–Crippen MR) is 51.0 cm³/mol. The summed E-state index contributed by atoms with van der Waals surface area (Å²) in [6.07, 6.45) is 9.34. The average molecular weight is 168 g/mol. The Kier molecular flexibility index (Phi) is 2.66. The van der Waals surface area contributed by atoms with E-state index in [1.807, 2.05) is 0 Å². The second kappa shape index (κ2) is 3.75. The standard InChI is InChI=1S/C10H20N2/c11-8-3-1-6-10(7-8)12-9-4-2-5-9/h8-10,12H,1-7,11H2. The molecular formula is C10H20N2. The molecule has 2 nitrogen and oxygen atoms in total. The summed E-state index contributed by atoms with van der Waals surface area (Å²) in [4.78, 5) is 0. The molecule has 3 N–H and O–H groups in total. The van der Waals surface area contributed by atoms with Crippen molar-refractivity contribution in [2.75, 3.05) is 0 Å². The fourth-order valence-corrected chi connectivity index (χ4v) is 2.29. The monoisotopic (exact) mass is 168 g/mol. The Morgan fingerprint density at radius 3 is 2.17 bits per heavy atom. The molecule has 0 aromatic heterocycles. The average Bonchev–Trinajstić information content (AvgIpc) is 1.97. The molecule has 0 heterocycles. The van der Waals surface area contributed by atoms with Crippen molar-refractivity contribution in [2.45, 2.75) is 63.1 Å². The maximum atomic E-state index is 5.92.